The van der Waals surface area contributed by atoms with Crippen LogP contribution in [0.2, 0.25) is 0 Å². The molecule has 1 atom stereocenters. The highest BCUT2D eigenvalue weighted by molar-refractivity contribution is 6.04. The molecule has 3 N–H and O–H groups in total. The van der Waals surface area contributed by atoms with Crippen molar-refractivity contribution >= 4 is 17.3 Å². The number of halogens is 6. The average Bonchev–Trinajstić information content (AvgIpc) is 2.85. The van der Waals surface area contributed by atoms with Crippen LogP contribution < -0.4 is 20.5 Å². The van der Waals surface area contributed by atoms with Crippen molar-refractivity contribution in [2.24, 2.45) is 5.41 Å². The standard InChI is InChI=1S/C29H24F6N2O3/c1-17-11-24(39-22-7-3-20(36)4-8-22)14-25(12-17)40-23-9-5-21(6-10-23)37-26(38)18-13-19(28(30,31)32)16-27(2,15-18)29(33,34)35/h3-14,16H,15,36H2,1-2H3,(H,37,38). The highest BCUT2D eigenvalue weighted by atomic mass is 19.4. The Labute approximate surface area is 225 Å². The number of carbonyl (C=O) groups excluding carboxylic acids is 1. The first-order valence-corrected chi connectivity index (χ1v) is 11.9. The second-order valence-electron chi connectivity index (χ2n) is 9.59. The van der Waals surface area contributed by atoms with Crippen LogP contribution >= 0.6 is 0 Å². The van der Waals surface area contributed by atoms with Crippen molar-refractivity contribution in [2.45, 2.75) is 32.6 Å². The monoisotopic (exact) mass is 562 g/mol. The molecule has 3 aromatic carbocycles. The van der Waals surface area contributed by atoms with Crippen molar-refractivity contribution in [3.63, 3.8) is 0 Å². The second-order valence-corrected chi connectivity index (χ2v) is 9.59. The smallest absolute Gasteiger partial charge is 0.416 e. The summed E-state index contributed by atoms with van der Waals surface area (Å²) >= 11 is 0. The van der Waals surface area contributed by atoms with E-state index in [1.165, 1.54) is 24.3 Å². The van der Waals surface area contributed by atoms with Crippen LogP contribution in [0.4, 0.5) is 37.7 Å². The van der Waals surface area contributed by atoms with Crippen LogP contribution in [-0.2, 0) is 4.79 Å². The van der Waals surface area contributed by atoms with E-state index in [4.69, 9.17) is 15.2 Å². The summed E-state index contributed by atoms with van der Waals surface area (Å²) in [6, 6.07) is 17.9. The molecule has 3 aromatic rings. The molecular weight excluding hydrogens is 538 g/mol. The van der Waals surface area contributed by atoms with E-state index < -0.39 is 41.2 Å². The highest BCUT2D eigenvalue weighted by Crippen LogP contribution is 2.49. The van der Waals surface area contributed by atoms with Crippen molar-refractivity contribution in [3.05, 3.63) is 95.6 Å². The average molecular weight is 563 g/mol. The van der Waals surface area contributed by atoms with Crippen LogP contribution in [0.5, 0.6) is 23.0 Å². The maximum Gasteiger partial charge on any atom is 0.416 e. The molecule has 4 rings (SSSR count). The number of benzene rings is 3. The number of allylic oxidation sites excluding steroid dienone is 3. The topological polar surface area (TPSA) is 73.6 Å². The number of rotatable bonds is 6. The molecule has 40 heavy (non-hydrogen) atoms. The van der Waals surface area contributed by atoms with Gasteiger partial charge >= 0.3 is 12.4 Å². The fourth-order valence-corrected chi connectivity index (χ4v) is 4.02. The van der Waals surface area contributed by atoms with Gasteiger partial charge in [0.2, 0.25) is 0 Å². The summed E-state index contributed by atoms with van der Waals surface area (Å²) in [5, 5.41) is 2.36. The Bertz CT molecular complexity index is 1460. The number of amides is 1. The third-order valence-corrected chi connectivity index (χ3v) is 6.12. The molecule has 1 amide bonds. The van der Waals surface area contributed by atoms with Crippen LogP contribution in [-0.4, -0.2) is 18.3 Å². The van der Waals surface area contributed by atoms with Crippen LogP contribution in [0.15, 0.2) is 90.0 Å². The number of carbonyl (C=O) groups is 1. The molecule has 0 aliphatic heterocycles. The van der Waals surface area contributed by atoms with Gasteiger partial charge in [0, 0.05) is 23.0 Å². The quantitative estimate of drug-likeness (QED) is 0.233. The minimum absolute atomic E-state index is 0.118. The van der Waals surface area contributed by atoms with Crippen LogP contribution in [0.3, 0.4) is 0 Å². The molecule has 1 unspecified atom stereocenters. The summed E-state index contributed by atoms with van der Waals surface area (Å²) in [5.74, 6) is 0.843. The van der Waals surface area contributed by atoms with E-state index in [1.54, 1.807) is 36.4 Å². The van der Waals surface area contributed by atoms with Gasteiger partial charge in [0.1, 0.15) is 23.0 Å². The Hall–Kier alpha value is -4.41. The van der Waals surface area contributed by atoms with Crippen molar-refractivity contribution in [3.8, 4) is 23.0 Å². The summed E-state index contributed by atoms with van der Waals surface area (Å²) in [4.78, 5) is 12.7. The summed E-state index contributed by atoms with van der Waals surface area (Å²) in [6.45, 7) is 2.48. The van der Waals surface area contributed by atoms with Gasteiger partial charge in [-0.2, -0.15) is 26.3 Å². The number of ether oxygens (including phenoxy) is 2. The Morgan fingerprint density at radius 1 is 0.850 bits per heavy atom. The number of alkyl halides is 6. The molecule has 11 heteroatoms. The highest BCUT2D eigenvalue weighted by Gasteiger charge is 2.53. The zero-order valence-electron chi connectivity index (χ0n) is 21.3. The van der Waals surface area contributed by atoms with Gasteiger partial charge in [0.15, 0.2) is 0 Å². The molecule has 0 radical (unpaired) electrons. The van der Waals surface area contributed by atoms with Crippen molar-refractivity contribution < 1.29 is 40.6 Å². The van der Waals surface area contributed by atoms with Crippen LogP contribution in [0, 0.1) is 12.3 Å². The van der Waals surface area contributed by atoms with Gasteiger partial charge < -0.3 is 20.5 Å². The molecule has 0 aromatic heterocycles. The third kappa shape index (κ3) is 6.77. The zero-order chi connectivity index (χ0) is 29.3. The number of nitrogen functional groups attached to an aromatic ring is 1. The first-order chi connectivity index (χ1) is 18.6. The van der Waals surface area contributed by atoms with E-state index in [0.29, 0.717) is 41.7 Å². The molecule has 0 fully saturated rings. The lowest BCUT2D eigenvalue weighted by Crippen LogP contribution is -2.38. The first kappa shape index (κ1) is 28.6. The van der Waals surface area contributed by atoms with Crippen LogP contribution in [0.25, 0.3) is 0 Å². The summed E-state index contributed by atoms with van der Waals surface area (Å²) in [5.41, 5.74) is 2.29. The molecule has 5 nitrogen and oxygen atoms in total. The maximum absolute atomic E-state index is 13.6. The predicted octanol–water partition coefficient (Wildman–Crippen LogP) is 8.49. The normalized spacial score (nSPS) is 17.5. The first-order valence-electron chi connectivity index (χ1n) is 11.9. The second kappa shape index (κ2) is 10.6. The molecule has 0 saturated carbocycles. The predicted molar refractivity (Wildman–Crippen MR) is 138 cm³/mol. The van der Waals surface area contributed by atoms with Gasteiger partial charge in [-0.25, -0.2) is 0 Å². The summed E-state index contributed by atoms with van der Waals surface area (Å²) in [7, 11) is 0. The van der Waals surface area contributed by atoms with E-state index >= 15 is 0 Å². The van der Waals surface area contributed by atoms with E-state index in [9.17, 15) is 31.1 Å². The number of hydrogen-bond donors (Lipinski definition) is 2. The van der Waals surface area contributed by atoms with E-state index in [2.05, 4.69) is 5.32 Å². The SMILES string of the molecule is Cc1cc(Oc2ccc(N)cc2)cc(Oc2ccc(NC(=O)C3=CC(C(F)(F)F)=CC(C)(C(F)(F)F)C3)cc2)c1. The van der Waals surface area contributed by atoms with Crippen LogP contribution in [0.1, 0.15) is 18.9 Å². The third-order valence-electron chi connectivity index (χ3n) is 6.12. The van der Waals surface area contributed by atoms with E-state index in [0.717, 1.165) is 5.56 Å². The van der Waals surface area contributed by atoms with Gasteiger partial charge in [0.05, 0.1) is 11.0 Å². The molecule has 0 heterocycles. The zero-order valence-corrected chi connectivity index (χ0v) is 21.3. The molecule has 0 bridgehead atoms. The number of hydrogen-bond acceptors (Lipinski definition) is 4. The fourth-order valence-electron chi connectivity index (χ4n) is 4.02. The fraction of sp³-hybridized carbons (Fsp3) is 0.207. The number of nitrogens with one attached hydrogen (secondary N) is 1. The van der Waals surface area contributed by atoms with E-state index in [-0.39, 0.29) is 11.8 Å². The lowest BCUT2D eigenvalue weighted by molar-refractivity contribution is -0.201. The summed E-state index contributed by atoms with van der Waals surface area (Å²) in [6.07, 6.45) is -10.4. The largest absolute Gasteiger partial charge is 0.457 e. The van der Waals surface area contributed by atoms with Gasteiger partial charge in [0.25, 0.3) is 5.91 Å². The van der Waals surface area contributed by atoms with Gasteiger partial charge in [-0.1, -0.05) is 6.08 Å². The molecule has 1 aliphatic rings. The lowest BCUT2D eigenvalue weighted by Gasteiger charge is -2.33. The summed E-state index contributed by atoms with van der Waals surface area (Å²) < 4.78 is 92.2. The van der Waals surface area contributed by atoms with Crippen molar-refractivity contribution in [2.75, 3.05) is 11.1 Å². The van der Waals surface area contributed by atoms with Gasteiger partial charge in [-0.15, -0.1) is 0 Å². The maximum atomic E-state index is 13.6. The molecule has 0 saturated heterocycles. The minimum atomic E-state index is -5.05. The molecule has 1 aliphatic carbocycles. The van der Waals surface area contributed by atoms with E-state index in [1.807, 2.05) is 13.0 Å². The number of nitrogens with two attached hydrogens (primary N) is 1. The van der Waals surface area contributed by atoms with Crippen molar-refractivity contribution in [1.29, 1.82) is 0 Å². The molecule has 0 spiro atoms. The number of aryl methyl sites for hydroxylation is 1. The van der Waals surface area contributed by atoms with Crippen molar-refractivity contribution in [1.82, 2.24) is 0 Å². The minimum Gasteiger partial charge on any atom is -0.457 e. The Morgan fingerprint density at radius 3 is 1.88 bits per heavy atom. The Balaban J connectivity index is 1.46. The molecule has 210 valence electrons. The number of anilines is 2. The lowest BCUT2D eigenvalue weighted by atomic mass is 9.76. The Morgan fingerprint density at radius 2 is 1.38 bits per heavy atom. The Kier molecular flexibility index (Phi) is 7.60. The molecular formula is C29H24F6N2O3. The van der Waals surface area contributed by atoms with Gasteiger partial charge in [-0.3, -0.25) is 4.79 Å². The van der Waals surface area contributed by atoms with Gasteiger partial charge in [-0.05, 0) is 92.6 Å².